The molecule has 0 saturated heterocycles. The van der Waals surface area contributed by atoms with E-state index >= 15 is 0 Å². The van der Waals surface area contributed by atoms with E-state index in [0.717, 1.165) is 5.56 Å². The van der Waals surface area contributed by atoms with Gasteiger partial charge in [0.1, 0.15) is 5.82 Å². The molecule has 0 fully saturated rings. The van der Waals surface area contributed by atoms with E-state index in [1.807, 2.05) is 4.98 Å². The first-order valence-electron chi connectivity index (χ1n) is 5.32. The quantitative estimate of drug-likeness (QED) is 0.725. The summed E-state index contributed by atoms with van der Waals surface area (Å²) in [6.07, 6.45) is 0.540. The molecule has 1 aromatic carbocycles. The van der Waals surface area contributed by atoms with Crippen LogP contribution in [0.25, 0.3) is 0 Å². The number of rotatable bonds is 4. The van der Waals surface area contributed by atoms with Gasteiger partial charge in [0, 0.05) is 6.54 Å². The van der Waals surface area contributed by atoms with Crippen molar-refractivity contribution in [2.24, 2.45) is 0 Å². The average molecular weight is 250 g/mol. The number of aromatic nitrogens is 3. The van der Waals surface area contributed by atoms with Crippen LogP contribution in [-0.4, -0.2) is 21.7 Å². The molecule has 0 aliphatic carbocycles. The monoisotopic (exact) mass is 250 g/mol. The third-order valence-electron chi connectivity index (χ3n) is 2.31. The summed E-state index contributed by atoms with van der Waals surface area (Å²) in [5, 5.41) is 8.44. The van der Waals surface area contributed by atoms with Gasteiger partial charge in [0.2, 0.25) is 5.82 Å². The lowest BCUT2D eigenvalue weighted by Crippen LogP contribution is -2.27. The molecule has 0 unspecified atom stereocenters. The molecule has 0 spiro atoms. The fraction of sp³-hybridized carbons (Fsp3) is 0.182. The van der Waals surface area contributed by atoms with Crippen molar-refractivity contribution in [1.29, 1.82) is 0 Å². The molecule has 7 heteroatoms. The Hall–Kier alpha value is -2.44. The summed E-state index contributed by atoms with van der Waals surface area (Å²) in [6, 6.07) is 6.20. The number of H-pyrrole nitrogens is 2. The van der Waals surface area contributed by atoms with E-state index in [-0.39, 0.29) is 11.6 Å². The van der Waals surface area contributed by atoms with E-state index in [2.05, 4.69) is 15.5 Å². The highest BCUT2D eigenvalue weighted by atomic mass is 19.1. The molecule has 1 aromatic heterocycles. The van der Waals surface area contributed by atoms with Crippen molar-refractivity contribution >= 4 is 5.82 Å². The second-order valence-corrected chi connectivity index (χ2v) is 3.66. The van der Waals surface area contributed by atoms with Crippen LogP contribution in [0.3, 0.4) is 0 Å². The molecule has 0 aliphatic rings. The van der Waals surface area contributed by atoms with Crippen LogP contribution in [0.15, 0.2) is 33.9 Å². The Balaban J connectivity index is 1.96. The second kappa shape index (κ2) is 5.26. The molecule has 0 saturated carbocycles. The first kappa shape index (κ1) is 12.0. The third kappa shape index (κ3) is 3.03. The van der Waals surface area contributed by atoms with Gasteiger partial charge in [0.25, 0.3) is 5.56 Å². The summed E-state index contributed by atoms with van der Waals surface area (Å²) in [6.45, 7) is 0.408. The molecule has 0 radical (unpaired) electrons. The minimum Gasteiger partial charge on any atom is -0.364 e. The van der Waals surface area contributed by atoms with Gasteiger partial charge in [-0.05, 0) is 24.1 Å². The molecular formula is C11H11FN4O2. The summed E-state index contributed by atoms with van der Waals surface area (Å²) < 4.78 is 12.9. The molecule has 18 heavy (non-hydrogen) atoms. The van der Waals surface area contributed by atoms with E-state index in [4.69, 9.17) is 0 Å². The van der Waals surface area contributed by atoms with E-state index in [1.54, 1.807) is 12.1 Å². The van der Waals surface area contributed by atoms with Gasteiger partial charge in [0.15, 0.2) is 0 Å². The summed E-state index contributed by atoms with van der Waals surface area (Å²) in [5.74, 6) is -0.265. The molecule has 94 valence electrons. The van der Waals surface area contributed by atoms with Crippen molar-refractivity contribution in [3.05, 3.63) is 56.5 Å². The van der Waals surface area contributed by atoms with Crippen molar-refractivity contribution in [2.45, 2.75) is 6.42 Å². The molecule has 0 bridgehead atoms. The number of benzene rings is 1. The van der Waals surface area contributed by atoms with E-state index < -0.39 is 11.2 Å². The largest absolute Gasteiger partial charge is 0.364 e. The lowest BCUT2D eigenvalue weighted by molar-refractivity contribution is 0.625. The molecule has 3 N–H and O–H groups in total. The summed E-state index contributed by atoms with van der Waals surface area (Å²) in [7, 11) is 0. The van der Waals surface area contributed by atoms with Crippen LogP contribution in [0.2, 0.25) is 0 Å². The average Bonchev–Trinajstić information content (AvgIpc) is 2.32. The van der Waals surface area contributed by atoms with Crippen LogP contribution in [-0.2, 0) is 6.42 Å². The van der Waals surface area contributed by atoms with Crippen LogP contribution < -0.4 is 16.6 Å². The van der Waals surface area contributed by atoms with Gasteiger partial charge < -0.3 is 5.32 Å². The van der Waals surface area contributed by atoms with E-state index in [9.17, 15) is 14.0 Å². The number of halogens is 1. The normalized spacial score (nSPS) is 10.3. The van der Waals surface area contributed by atoms with Crippen molar-refractivity contribution in [3.63, 3.8) is 0 Å². The highest BCUT2D eigenvalue weighted by molar-refractivity contribution is 5.29. The standard InChI is InChI=1S/C11H11FN4O2/c12-8-3-1-2-7(6-8)4-5-13-9-10(17)14-11(18)16-15-9/h1-3,6H,4-5H2,(H,13,15)(H2,14,16,17,18). The number of anilines is 1. The van der Waals surface area contributed by atoms with Gasteiger partial charge >= 0.3 is 5.69 Å². The number of aromatic amines is 2. The Morgan fingerprint density at radius 1 is 1.33 bits per heavy atom. The number of hydrogen-bond acceptors (Lipinski definition) is 4. The zero-order chi connectivity index (χ0) is 13.0. The summed E-state index contributed by atoms with van der Waals surface area (Å²) >= 11 is 0. The molecule has 2 aromatic rings. The fourth-order valence-electron chi connectivity index (χ4n) is 1.49. The van der Waals surface area contributed by atoms with Crippen molar-refractivity contribution in [2.75, 3.05) is 11.9 Å². The third-order valence-corrected chi connectivity index (χ3v) is 2.31. The molecule has 2 rings (SSSR count). The lowest BCUT2D eigenvalue weighted by atomic mass is 10.1. The number of nitrogens with one attached hydrogen (secondary N) is 3. The van der Waals surface area contributed by atoms with Crippen molar-refractivity contribution in [3.8, 4) is 0 Å². The smallest absolute Gasteiger partial charge is 0.342 e. The van der Waals surface area contributed by atoms with Gasteiger partial charge in [0.05, 0.1) is 0 Å². The first-order valence-corrected chi connectivity index (χ1v) is 5.32. The second-order valence-electron chi connectivity index (χ2n) is 3.66. The van der Waals surface area contributed by atoms with Crippen LogP contribution in [0.1, 0.15) is 5.56 Å². The fourth-order valence-corrected chi connectivity index (χ4v) is 1.49. The number of nitrogens with zero attached hydrogens (tertiary/aromatic N) is 1. The molecule has 6 nitrogen and oxygen atoms in total. The van der Waals surface area contributed by atoms with Crippen LogP contribution in [0, 0.1) is 5.82 Å². The van der Waals surface area contributed by atoms with Gasteiger partial charge in [-0.15, -0.1) is 5.10 Å². The Labute approximate surface area is 101 Å². The van der Waals surface area contributed by atoms with Gasteiger partial charge in [-0.2, -0.15) is 0 Å². The Morgan fingerprint density at radius 2 is 2.17 bits per heavy atom. The molecule has 0 aliphatic heterocycles. The topological polar surface area (TPSA) is 90.6 Å². The summed E-state index contributed by atoms with van der Waals surface area (Å²) in [5.41, 5.74) is -0.433. The molecule has 0 atom stereocenters. The van der Waals surface area contributed by atoms with Gasteiger partial charge in [-0.3, -0.25) is 9.78 Å². The lowest BCUT2D eigenvalue weighted by Gasteiger charge is -2.04. The Kier molecular flexibility index (Phi) is 3.52. The highest BCUT2D eigenvalue weighted by Crippen LogP contribution is 2.04. The van der Waals surface area contributed by atoms with E-state index in [1.165, 1.54) is 12.1 Å². The predicted molar refractivity (Wildman–Crippen MR) is 64.1 cm³/mol. The molecule has 1 heterocycles. The van der Waals surface area contributed by atoms with E-state index in [0.29, 0.717) is 13.0 Å². The minimum absolute atomic E-state index is 0.0333. The zero-order valence-electron chi connectivity index (χ0n) is 9.37. The maximum atomic E-state index is 12.9. The summed E-state index contributed by atoms with van der Waals surface area (Å²) in [4.78, 5) is 24.1. The van der Waals surface area contributed by atoms with Crippen LogP contribution in [0.5, 0.6) is 0 Å². The van der Waals surface area contributed by atoms with Gasteiger partial charge in [-0.25, -0.2) is 14.3 Å². The minimum atomic E-state index is -0.657. The maximum Gasteiger partial charge on any atom is 0.342 e. The zero-order valence-corrected chi connectivity index (χ0v) is 9.37. The van der Waals surface area contributed by atoms with Crippen LogP contribution >= 0.6 is 0 Å². The predicted octanol–water partition coefficient (Wildman–Crippen LogP) is 0.252. The molecule has 0 amide bonds. The Bertz CT molecular complexity index is 650. The highest BCUT2D eigenvalue weighted by Gasteiger charge is 2.01. The number of hydrogen-bond donors (Lipinski definition) is 3. The first-order chi connectivity index (χ1) is 8.65. The molecular weight excluding hydrogens is 239 g/mol. The van der Waals surface area contributed by atoms with Crippen molar-refractivity contribution < 1.29 is 4.39 Å². The van der Waals surface area contributed by atoms with Gasteiger partial charge in [-0.1, -0.05) is 12.1 Å². The van der Waals surface area contributed by atoms with Crippen LogP contribution in [0.4, 0.5) is 10.2 Å². The maximum absolute atomic E-state index is 12.9. The SMILES string of the molecule is O=c1[nH]nc(NCCc2cccc(F)c2)c(=O)[nH]1. The van der Waals surface area contributed by atoms with Crippen molar-refractivity contribution in [1.82, 2.24) is 15.2 Å². The Morgan fingerprint density at radius 3 is 2.89 bits per heavy atom.